The lowest BCUT2D eigenvalue weighted by Gasteiger charge is -2.22. The first-order valence-electron chi connectivity index (χ1n) is 4.28. The molecule has 1 heterocycles. The van der Waals surface area contributed by atoms with Crippen LogP contribution in [0.15, 0.2) is 24.1 Å². The highest BCUT2D eigenvalue weighted by atomic mass is 19.4. The summed E-state index contributed by atoms with van der Waals surface area (Å²) >= 11 is 0. The molecule has 0 spiro atoms. The number of alkyl halides is 3. The molecule has 14 heavy (non-hydrogen) atoms. The molecule has 5 heteroatoms. The molecule has 1 unspecified atom stereocenters. The van der Waals surface area contributed by atoms with Crippen molar-refractivity contribution in [3.8, 4) is 0 Å². The average molecular weight is 207 g/mol. The molecule has 0 aromatic rings. The van der Waals surface area contributed by atoms with E-state index in [0.717, 1.165) is 0 Å². The van der Waals surface area contributed by atoms with E-state index < -0.39 is 6.36 Å². The van der Waals surface area contributed by atoms with Gasteiger partial charge in [-0.2, -0.15) is 0 Å². The summed E-state index contributed by atoms with van der Waals surface area (Å²) in [6.07, 6.45) is -0.402. The van der Waals surface area contributed by atoms with Gasteiger partial charge in [0.2, 0.25) is 0 Å². The van der Waals surface area contributed by atoms with Crippen molar-refractivity contribution in [3.63, 3.8) is 0 Å². The predicted molar refractivity (Wildman–Crippen MR) is 46.1 cm³/mol. The van der Waals surface area contributed by atoms with Crippen LogP contribution in [-0.2, 0) is 4.74 Å². The zero-order chi connectivity index (χ0) is 10.8. The molecule has 0 amide bonds. The van der Waals surface area contributed by atoms with Gasteiger partial charge in [0.25, 0.3) is 0 Å². The van der Waals surface area contributed by atoms with Gasteiger partial charge in [-0.3, -0.25) is 0 Å². The summed E-state index contributed by atoms with van der Waals surface area (Å²) in [6, 6.07) is 0.0654. The Kier molecular flexibility index (Phi) is 3.08. The Hall–Kier alpha value is -1.13. The summed E-state index contributed by atoms with van der Waals surface area (Å²) < 4.78 is 39.0. The van der Waals surface area contributed by atoms with E-state index in [1.807, 2.05) is 13.8 Å². The predicted octanol–water partition coefficient (Wildman–Crippen LogP) is 2.55. The van der Waals surface area contributed by atoms with Crippen LogP contribution < -0.4 is 5.32 Å². The quantitative estimate of drug-likeness (QED) is 0.751. The van der Waals surface area contributed by atoms with Crippen molar-refractivity contribution >= 4 is 0 Å². The van der Waals surface area contributed by atoms with Crippen molar-refractivity contribution in [1.82, 2.24) is 5.32 Å². The molecule has 0 aromatic carbocycles. The van der Waals surface area contributed by atoms with Gasteiger partial charge < -0.3 is 10.1 Å². The average Bonchev–Trinajstić information content (AvgIpc) is 2.02. The third kappa shape index (κ3) is 3.32. The summed E-state index contributed by atoms with van der Waals surface area (Å²) in [5.74, 6) is 0.115. The molecule has 1 N–H and O–H groups in total. The number of hydrogen-bond donors (Lipinski definition) is 1. The number of hydrogen-bond acceptors (Lipinski definition) is 2. The van der Waals surface area contributed by atoms with E-state index in [1.54, 1.807) is 6.08 Å². The number of nitrogens with one attached hydrogen (secondary N) is 1. The van der Waals surface area contributed by atoms with Crippen LogP contribution in [0.1, 0.15) is 13.8 Å². The van der Waals surface area contributed by atoms with Crippen LogP contribution in [0.4, 0.5) is 13.2 Å². The van der Waals surface area contributed by atoms with E-state index >= 15 is 0 Å². The van der Waals surface area contributed by atoms with E-state index in [1.165, 1.54) is 12.3 Å². The molecule has 2 nitrogen and oxygen atoms in total. The lowest BCUT2D eigenvalue weighted by molar-refractivity contribution is -0.303. The Bertz CT molecular complexity index is 255. The zero-order valence-electron chi connectivity index (χ0n) is 7.93. The van der Waals surface area contributed by atoms with Crippen LogP contribution >= 0.6 is 0 Å². The number of ether oxygens (including phenoxy) is 1. The third-order valence-corrected chi connectivity index (χ3v) is 1.84. The molecular formula is C9H12F3NO. The van der Waals surface area contributed by atoms with Crippen molar-refractivity contribution in [1.29, 1.82) is 0 Å². The second-order valence-corrected chi connectivity index (χ2v) is 3.39. The standard InChI is InChI=1S/C9H12F3NO/c1-6(2)8-4-3-7(5-13-8)14-9(10,11)12/h3-6,8,13H,1-2H3. The van der Waals surface area contributed by atoms with Gasteiger partial charge in [-0.05, 0) is 12.0 Å². The third-order valence-electron chi connectivity index (χ3n) is 1.84. The zero-order valence-corrected chi connectivity index (χ0v) is 7.93. The van der Waals surface area contributed by atoms with Crippen LogP contribution in [-0.4, -0.2) is 12.4 Å². The molecule has 0 aliphatic carbocycles. The topological polar surface area (TPSA) is 21.3 Å². The highest BCUT2D eigenvalue weighted by Crippen LogP contribution is 2.22. The fourth-order valence-electron chi connectivity index (χ4n) is 1.09. The van der Waals surface area contributed by atoms with Gasteiger partial charge in [0.05, 0.1) is 0 Å². The monoisotopic (exact) mass is 207 g/mol. The second kappa shape index (κ2) is 3.94. The molecule has 0 radical (unpaired) electrons. The molecule has 80 valence electrons. The first kappa shape index (κ1) is 10.9. The summed E-state index contributed by atoms with van der Waals surface area (Å²) in [5.41, 5.74) is 0. The number of halogens is 3. The fourth-order valence-corrected chi connectivity index (χ4v) is 1.09. The van der Waals surface area contributed by atoms with E-state index in [0.29, 0.717) is 5.92 Å². The molecule has 1 atom stereocenters. The maximum atomic E-state index is 11.8. The van der Waals surface area contributed by atoms with Gasteiger partial charge >= 0.3 is 6.36 Å². The van der Waals surface area contributed by atoms with E-state index in [9.17, 15) is 13.2 Å². The Labute approximate surface area is 80.4 Å². The minimum atomic E-state index is -4.62. The van der Waals surface area contributed by atoms with E-state index in [2.05, 4.69) is 10.1 Å². The van der Waals surface area contributed by atoms with Gasteiger partial charge in [-0.25, -0.2) is 0 Å². The second-order valence-electron chi connectivity index (χ2n) is 3.39. The smallest absolute Gasteiger partial charge is 0.404 e. The minimum Gasteiger partial charge on any atom is -0.404 e. The Balaban J connectivity index is 2.51. The van der Waals surface area contributed by atoms with Gasteiger partial charge in [-0.1, -0.05) is 19.9 Å². The largest absolute Gasteiger partial charge is 0.573 e. The van der Waals surface area contributed by atoms with Crippen LogP contribution in [0, 0.1) is 5.92 Å². The molecule has 1 aliphatic rings. The maximum Gasteiger partial charge on any atom is 0.573 e. The van der Waals surface area contributed by atoms with Crippen molar-refractivity contribution < 1.29 is 17.9 Å². The Morgan fingerprint density at radius 3 is 2.43 bits per heavy atom. The fraction of sp³-hybridized carbons (Fsp3) is 0.556. The summed E-state index contributed by atoms with van der Waals surface area (Å²) in [6.45, 7) is 3.96. The lowest BCUT2D eigenvalue weighted by atomic mass is 10.0. The lowest BCUT2D eigenvalue weighted by Crippen LogP contribution is -2.30. The molecular weight excluding hydrogens is 195 g/mol. The first-order valence-corrected chi connectivity index (χ1v) is 4.28. The van der Waals surface area contributed by atoms with Crippen LogP contribution in [0.5, 0.6) is 0 Å². The van der Waals surface area contributed by atoms with Gasteiger partial charge in [-0.15, -0.1) is 13.2 Å². The van der Waals surface area contributed by atoms with Crippen molar-refractivity contribution in [2.24, 2.45) is 5.92 Å². The molecule has 0 bridgehead atoms. The van der Waals surface area contributed by atoms with Crippen LogP contribution in [0.2, 0.25) is 0 Å². The molecule has 0 fully saturated rings. The number of allylic oxidation sites excluding steroid dienone is 1. The van der Waals surface area contributed by atoms with Crippen LogP contribution in [0.3, 0.4) is 0 Å². The first-order chi connectivity index (χ1) is 6.38. The SMILES string of the molecule is CC(C)C1C=CC(OC(F)(F)F)=CN1. The van der Waals surface area contributed by atoms with Crippen molar-refractivity contribution in [2.45, 2.75) is 26.3 Å². The van der Waals surface area contributed by atoms with Crippen molar-refractivity contribution in [2.75, 3.05) is 0 Å². The van der Waals surface area contributed by atoms with Gasteiger partial charge in [0, 0.05) is 12.2 Å². The number of rotatable bonds is 2. The maximum absolute atomic E-state index is 11.8. The molecule has 0 aromatic heterocycles. The number of dihydropyridines is 1. The highest BCUT2D eigenvalue weighted by Gasteiger charge is 2.32. The van der Waals surface area contributed by atoms with Gasteiger partial charge in [0.15, 0.2) is 0 Å². The molecule has 1 rings (SSSR count). The van der Waals surface area contributed by atoms with E-state index in [4.69, 9.17) is 0 Å². The van der Waals surface area contributed by atoms with E-state index in [-0.39, 0.29) is 11.8 Å². The molecule has 1 aliphatic heterocycles. The normalized spacial score (nSPS) is 21.9. The van der Waals surface area contributed by atoms with Crippen molar-refractivity contribution in [3.05, 3.63) is 24.1 Å². The molecule has 0 saturated carbocycles. The van der Waals surface area contributed by atoms with Crippen LogP contribution in [0.25, 0.3) is 0 Å². The highest BCUT2D eigenvalue weighted by molar-refractivity contribution is 5.19. The summed E-state index contributed by atoms with van der Waals surface area (Å²) in [5, 5.41) is 2.82. The minimum absolute atomic E-state index is 0.0654. The Morgan fingerprint density at radius 1 is 1.43 bits per heavy atom. The molecule has 0 saturated heterocycles. The summed E-state index contributed by atoms with van der Waals surface area (Å²) in [7, 11) is 0. The summed E-state index contributed by atoms with van der Waals surface area (Å²) in [4.78, 5) is 0. The Morgan fingerprint density at radius 2 is 2.07 bits per heavy atom. The van der Waals surface area contributed by atoms with Gasteiger partial charge in [0.1, 0.15) is 5.76 Å².